The summed E-state index contributed by atoms with van der Waals surface area (Å²) in [6, 6.07) is 24.3. The fraction of sp³-hybridized carbons (Fsp3) is 0.256. The molecule has 0 spiro atoms. The molecular weight excluding hydrogens is 754 g/mol. The van der Waals surface area contributed by atoms with E-state index in [-0.39, 0.29) is 35.6 Å². The zero-order valence-electron chi connectivity index (χ0n) is 31.2. The van der Waals surface area contributed by atoms with E-state index in [2.05, 4.69) is 20.4 Å². The topological polar surface area (TPSA) is 141 Å². The quantitative estimate of drug-likeness (QED) is 0.166. The number of carbonyl (C=O) groups excluding carboxylic acids is 5. The normalized spacial score (nSPS) is 18.0. The van der Waals surface area contributed by atoms with Crippen LogP contribution >= 0.6 is 0 Å². The van der Waals surface area contributed by atoms with E-state index in [9.17, 15) is 37.1 Å². The van der Waals surface area contributed by atoms with Crippen molar-refractivity contribution in [3.63, 3.8) is 0 Å². The Bertz CT molecular complexity index is 2470. The van der Waals surface area contributed by atoms with Crippen molar-refractivity contribution in [1.29, 1.82) is 0 Å². The number of hydrogen-bond acceptors (Lipinski definition) is 9. The smallest absolute Gasteiger partial charge is 0.416 e. The van der Waals surface area contributed by atoms with E-state index in [4.69, 9.17) is 9.72 Å². The standard InChI is InChI=1S/C43H37F3N6O6/c1-25(47-39(54)27-8-14-32-26(22-27)4-2-7-37(32)58-31-12-9-28(10-13-31)43(44,45)46)35-6-3-5-29(48-35)24-50-18-20-51(21-19-50)30-11-15-33-34(23-30)42(57)52(41(33)56)36-16-17-38(53)49-40(36)55/h2-15,22-23,25,36H,16-21,24H2,1H3,(H,47,54)(H,49,53,55)/t25-,36?/m0/s1. The number of ether oxygens (including phenoxy) is 1. The number of rotatable bonds is 9. The van der Waals surface area contributed by atoms with Crippen LogP contribution in [-0.2, 0) is 22.3 Å². The average Bonchev–Trinajstić information content (AvgIpc) is 3.45. The molecule has 5 aromatic rings. The molecule has 0 bridgehead atoms. The van der Waals surface area contributed by atoms with E-state index < -0.39 is 47.5 Å². The highest BCUT2D eigenvalue weighted by molar-refractivity contribution is 6.23. The molecule has 4 aromatic carbocycles. The van der Waals surface area contributed by atoms with Gasteiger partial charge in [-0.3, -0.25) is 44.1 Å². The van der Waals surface area contributed by atoms with E-state index >= 15 is 0 Å². The first-order chi connectivity index (χ1) is 27.8. The minimum Gasteiger partial charge on any atom is -0.457 e. The number of piperazine rings is 1. The third-order valence-electron chi connectivity index (χ3n) is 10.7. The molecule has 0 aliphatic carbocycles. The average molecular weight is 791 g/mol. The summed E-state index contributed by atoms with van der Waals surface area (Å²) < 4.78 is 44.9. The Balaban J connectivity index is 0.861. The summed E-state index contributed by atoms with van der Waals surface area (Å²) in [6.45, 7) is 5.20. The first-order valence-electron chi connectivity index (χ1n) is 18.8. The molecule has 0 saturated carbocycles. The molecule has 3 aliphatic heterocycles. The SMILES string of the molecule is C[C@H](NC(=O)c1ccc2c(Oc3ccc(C(F)(F)F)cc3)cccc2c1)c1cccc(CN2CCN(c3ccc4c(c3)C(=O)N(C3CCC(=O)NC3=O)C4=O)CC2)n1. The summed E-state index contributed by atoms with van der Waals surface area (Å²) in [7, 11) is 0. The van der Waals surface area contributed by atoms with Crippen molar-refractivity contribution in [3.05, 3.63) is 131 Å². The molecule has 5 amide bonds. The Morgan fingerprint density at radius 2 is 1.62 bits per heavy atom. The number of piperidine rings is 1. The van der Waals surface area contributed by atoms with E-state index in [1.807, 2.05) is 37.3 Å². The van der Waals surface area contributed by atoms with Gasteiger partial charge in [0.15, 0.2) is 0 Å². The van der Waals surface area contributed by atoms with Gasteiger partial charge in [0.05, 0.1) is 34.1 Å². The summed E-state index contributed by atoms with van der Waals surface area (Å²) in [5.41, 5.74) is 2.48. The van der Waals surface area contributed by atoms with Crippen molar-refractivity contribution in [2.75, 3.05) is 31.1 Å². The molecule has 1 aromatic heterocycles. The number of hydrogen-bond donors (Lipinski definition) is 2. The van der Waals surface area contributed by atoms with Crippen LogP contribution in [0.15, 0.2) is 97.1 Å². The van der Waals surface area contributed by atoms with Gasteiger partial charge in [0, 0.05) is 55.8 Å². The van der Waals surface area contributed by atoms with Gasteiger partial charge in [0.2, 0.25) is 11.8 Å². The summed E-state index contributed by atoms with van der Waals surface area (Å²) >= 11 is 0. The highest BCUT2D eigenvalue weighted by atomic mass is 19.4. The number of fused-ring (bicyclic) bond motifs is 2. The van der Waals surface area contributed by atoms with Crippen LogP contribution in [0.3, 0.4) is 0 Å². The first kappa shape index (κ1) is 38.3. The van der Waals surface area contributed by atoms with Crippen molar-refractivity contribution in [2.24, 2.45) is 0 Å². The second-order valence-electron chi connectivity index (χ2n) is 14.5. The number of nitrogens with zero attached hydrogens (tertiary/aromatic N) is 4. The summed E-state index contributed by atoms with van der Waals surface area (Å²) in [6.07, 6.45) is -4.29. The predicted octanol–water partition coefficient (Wildman–Crippen LogP) is 6.26. The van der Waals surface area contributed by atoms with Crippen molar-refractivity contribution in [3.8, 4) is 11.5 Å². The number of aromatic nitrogens is 1. The molecule has 2 saturated heterocycles. The number of benzene rings is 4. The van der Waals surface area contributed by atoms with Crippen LogP contribution in [-0.4, -0.2) is 76.5 Å². The Kier molecular flexibility index (Phi) is 10.2. The van der Waals surface area contributed by atoms with Gasteiger partial charge in [-0.25, -0.2) is 0 Å². The molecule has 1 unspecified atom stereocenters. The maximum absolute atomic E-state index is 13.4. The maximum atomic E-state index is 13.4. The lowest BCUT2D eigenvalue weighted by Gasteiger charge is -2.36. The molecule has 2 atom stereocenters. The van der Waals surface area contributed by atoms with E-state index in [1.165, 1.54) is 12.1 Å². The molecule has 12 nitrogen and oxygen atoms in total. The van der Waals surface area contributed by atoms with Crippen molar-refractivity contribution >= 4 is 46.0 Å². The molecular formula is C43H37F3N6O6. The van der Waals surface area contributed by atoms with Gasteiger partial charge in [-0.2, -0.15) is 13.2 Å². The van der Waals surface area contributed by atoms with Crippen molar-refractivity contribution in [1.82, 2.24) is 25.4 Å². The van der Waals surface area contributed by atoms with Gasteiger partial charge >= 0.3 is 6.18 Å². The lowest BCUT2D eigenvalue weighted by molar-refractivity contribution is -0.138. The number of anilines is 1. The molecule has 2 N–H and O–H groups in total. The number of alkyl halides is 3. The van der Waals surface area contributed by atoms with Gasteiger partial charge in [-0.15, -0.1) is 0 Å². The van der Waals surface area contributed by atoms with Crippen LogP contribution in [0.5, 0.6) is 11.5 Å². The number of amides is 5. The van der Waals surface area contributed by atoms with Crippen LogP contribution in [0, 0.1) is 0 Å². The van der Waals surface area contributed by atoms with Gasteiger partial charge in [-0.1, -0.05) is 18.2 Å². The van der Waals surface area contributed by atoms with E-state index in [0.717, 1.165) is 33.8 Å². The summed E-state index contributed by atoms with van der Waals surface area (Å²) in [5.74, 6) is -1.74. The third-order valence-corrected chi connectivity index (χ3v) is 10.7. The fourth-order valence-electron chi connectivity index (χ4n) is 7.55. The van der Waals surface area contributed by atoms with Gasteiger partial charge in [0.25, 0.3) is 17.7 Å². The highest BCUT2D eigenvalue weighted by Gasteiger charge is 2.45. The van der Waals surface area contributed by atoms with Gasteiger partial charge < -0.3 is 15.0 Å². The Morgan fingerprint density at radius 3 is 2.36 bits per heavy atom. The van der Waals surface area contributed by atoms with Gasteiger partial charge in [-0.05, 0) is 97.6 Å². The van der Waals surface area contributed by atoms with Gasteiger partial charge in [0.1, 0.15) is 17.5 Å². The predicted molar refractivity (Wildman–Crippen MR) is 206 cm³/mol. The summed E-state index contributed by atoms with van der Waals surface area (Å²) in [4.78, 5) is 74.1. The van der Waals surface area contributed by atoms with E-state index in [0.29, 0.717) is 55.1 Å². The highest BCUT2D eigenvalue weighted by Crippen LogP contribution is 2.35. The number of carbonyl (C=O) groups is 5. The molecule has 58 heavy (non-hydrogen) atoms. The number of halogens is 3. The molecule has 8 rings (SSSR count). The van der Waals surface area contributed by atoms with Crippen molar-refractivity contribution in [2.45, 2.75) is 44.6 Å². The van der Waals surface area contributed by atoms with Crippen LogP contribution in [0.2, 0.25) is 0 Å². The van der Waals surface area contributed by atoms with E-state index in [1.54, 1.807) is 42.5 Å². The molecule has 296 valence electrons. The molecule has 3 aliphatic rings. The van der Waals surface area contributed by atoms with Crippen LogP contribution in [0.1, 0.15) is 73.8 Å². The monoisotopic (exact) mass is 790 g/mol. The second kappa shape index (κ2) is 15.4. The number of pyridine rings is 1. The summed E-state index contributed by atoms with van der Waals surface area (Å²) in [5, 5.41) is 6.66. The fourth-order valence-corrected chi connectivity index (χ4v) is 7.55. The number of nitrogens with one attached hydrogen (secondary N) is 2. The number of imide groups is 2. The minimum atomic E-state index is -4.44. The molecule has 2 fully saturated rings. The Labute approximate surface area is 330 Å². The largest absolute Gasteiger partial charge is 0.457 e. The lowest BCUT2D eigenvalue weighted by atomic mass is 10.0. The molecule has 4 heterocycles. The lowest BCUT2D eigenvalue weighted by Crippen LogP contribution is -2.54. The van der Waals surface area contributed by atoms with Crippen LogP contribution in [0.4, 0.5) is 18.9 Å². The zero-order valence-corrected chi connectivity index (χ0v) is 31.2. The maximum Gasteiger partial charge on any atom is 0.416 e. The first-order valence-corrected chi connectivity index (χ1v) is 18.8. The molecule has 15 heteroatoms. The second-order valence-corrected chi connectivity index (χ2v) is 14.5. The van der Waals surface area contributed by atoms with Crippen LogP contribution < -0.4 is 20.3 Å². The van der Waals surface area contributed by atoms with Crippen LogP contribution in [0.25, 0.3) is 10.8 Å². The third kappa shape index (κ3) is 7.72. The Hall–Kier alpha value is -6.61. The minimum absolute atomic E-state index is 0.0584. The molecule has 0 radical (unpaired) electrons. The van der Waals surface area contributed by atoms with Crippen molar-refractivity contribution < 1.29 is 41.9 Å². The zero-order chi connectivity index (χ0) is 40.7. The Morgan fingerprint density at radius 1 is 0.879 bits per heavy atom.